The van der Waals surface area contributed by atoms with Crippen LogP contribution in [0.5, 0.6) is 5.75 Å². The standard InChI is InChI=1S/C18H20ClNO3S/c1-18(2)11-16(15-5-3-4-6-17(15)23-18)20-24(21,22)12-13-7-9-14(19)10-8-13/h3-10,16,20H,11-12H2,1-2H3. The van der Waals surface area contributed by atoms with Gasteiger partial charge in [0.2, 0.25) is 10.0 Å². The first-order valence-corrected chi connectivity index (χ1v) is 9.80. The fourth-order valence-electron chi connectivity index (χ4n) is 2.97. The molecule has 2 aromatic rings. The van der Waals surface area contributed by atoms with Crippen LogP contribution in [-0.4, -0.2) is 14.0 Å². The highest BCUT2D eigenvalue weighted by molar-refractivity contribution is 7.88. The van der Waals surface area contributed by atoms with E-state index >= 15 is 0 Å². The molecule has 128 valence electrons. The third kappa shape index (κ3) is 4.09. The summed E-state index contributed by atoms with van der Waals surface area (Å²) in [4.78, 5) is 0. The lowest BCUT2D eigenvalue weighted by Crippen LogP contribution is -2.41. The minimum Gasteiger partial charge on any atom is -0.487 e. The smallest absolute Gasteiger partial charge is 0.216 e. The van der Waals surface area contributed by atoms with Crippen LogP contribution in [0.4, 0.5) is 0 Å². The van der Waals surface area contributed by atoms with Crippen LogP contribution in [0.3, 0.4) is 0 Å². The molecular weight excluding hydrogens is 346 g/mol. The zero-order valence-corrected chi connectivity index (χ0v) is 15.2. The predicted octanol–water partition coefficient (Wildman–Crippen LogP) is 4.06. The molecule has 0 radical (unpaired) electrons. The Bertz CT molecular complexity index is 832. The van der Waals surface area contributed by atoms with Crippen LogP contribution >= 0.6 is 11.6 Å². The number of sulfonamides is 1. The molecule has 1 N–H and O–H groups in total. The maximum atomic E-state index is 12.6. The van der Waals surface area contributed by atoms with E-state index in [0.29, 0.717) is 17.0 Å². The Balaban J connectivity index is 1.82. The number of benzene rings is 2. The van der Waals surface area contributed by atoms with Crippen molar-refractivity contribution in [1.82, 2.24) is 4.72 Å². The van der Waals surface area contributed by atoms with E-state index in [2.05, 4.69) is 4.72 Å². The quantitative estimate of drug-likeness (QED) is 0.888. The monoisotopic (exact) mass is 365 g/mol. The lowest BCUT2D eigenvalue weighted by atomic mass is 9.90. The van der Waals surface area contributed by atoms with E-state index in [-0.39, 0.29) is 11.8 Å². The average Bonchev–Trinajstić information content (AvgIpc) is 2.48. The molecule has 3 rings (SSSR count). The summed E-state index contributed by atoms with van der Waals surface area (Å²) < 4.78 is 34.0. The average molecular weight is 366 g/mol. The van der Waals surface area contributed by atoms with Crippen molar-refractivity contribution in [2.75, 3.05) is 0 Å². The van der Waals surface area contributed by atoms with Crippen LogP contribution in [0.25, 0.3) is 0 Å². The fourth-order valence-corrected chi connectivity index (χ4v) is 4.45. The molecule has 0 aliphatic carbocycles. The number of ether oxygens (including phenoxy) is 1. The summed E-state index contributed by atoms with van der Waals surface area (Å²) >= 11 is 5.85. The van der Waals surface area contributed by atoms with Crippen LogP contribution in [0.1, 0.15) is 37.4 Å². The van der Waals surface area contributed by atoms with Gasteiger partial charge in [-0.1, -0.05) is 41.9 Å². The van der Waals surface area contributed by atoms with Gasteiger partial charge in [0.15, 0.2) is 0 Å². The van der Waals surface area contributed by atoms with Crippen LogP contribution in [-0.2, 0) is 15.8 Å². The molecule has 0 saturated carbocycles. The summed E-state index contributed by atoms with van der Waals surface area (Å²) in [6.45, 7) is 3.92. The Morgan fingerprint density at radius 1 is 1.17 bits per heavy atom. The van der Waals surface area contributed by atoms with Crippen molar-refractivity contribution in [3.63, 3.8) is 0 Å². The first-order chi connectivity index (χ1) is 11.2. The zero-order valence-electron chi connectivity index (χ0n) is 13.6. The van der Waals surface area contributed by atoms with Gasteiger partial charge in [0, 0.05) is 17.0 Å². The van der Waals surface area contributed by atoms with E-state index < -0.39 is 15.6 Å². The molecule has 0 spiro atoms. The minimum absolute atomic E-state index is 0.0792. The largest absolute Gasteiger partial charge is 0.487 e. The number of nitrogens with one attached hydrogen (secondary N) is 1. The number of hydrogen-bond acceptors (Lipinski definition) is 3. The highest BCUT2D eigenvalue weighted by atomic mass is 35.5. The van der Waals surface area contributed by atoms with Gasteiger partial charge in [-0.2, -0.15) is 0 Å². The predicted molar refractivity (Wildman–Crippen MR) is 95.7 cm³/mol. The van der Waals surface area contributed by atoms with Gasteiger partial charge in [-0.25, -0.2) is 13.1 Å². The third-order valence-electron chi connectivity index (χ3n) is 3.97. The van der Waals surface area contributed by atoms with Crippen molar-refractivity contribution >= 4 is 21.6 Å². The first-order valence-electron chi connectivity index (χ1n) is 7.76. The molecule has 0 fully saturated rings. The number of fused-ring (bicyclic) bond motifs is 1. The molecule has 1 aliphatic rings. The molecule has 0 amide bonds. The Hall–Kier alpha value is -1.56. The normalized spacial score (nSPS) is 19.4. The minimum atomic E-state index is -3.49. The Morgan fingerprint density at radius 3 is 2.54 bits per heavy atom. The van der Waals surface area contributed by atoms with E-state index in [4.69, 9.17) is 16.3 Å². The highest BCUT2D eigenvalue weighted by Crippen LogP contribution is 2.39. The first kappa shape index (κ1) is 17.3. The number of rotatable bonds is 4. The lowest BCUT2D eigenvalue weighted by Gasteiger charge is -2.37. The summed E-state index contributed by atoms with van der Waals surface area (Å²) in [6, 6.07) is 14.1. The highest BCUT2D eigenvalue weighted by Gasteiger charge is 2.35. The van der Waals surface area contributed by atoms with E-state index in [9.17, 15) is 8.42 Å². The molecule has 1 heterocycles. The summed E-state index contributed by atoms with van der Waals surface area (Å²) in [7, 11) is -3.49. The summed E-state index contributed by atoms with van der Waals surface area (Å²) in [5.41, 5.74) is 1.14. The van der Waals surface area contributed by atoms with Gasteiger partial charge in [-0.3, -0.25) is 0 Å². The summed E-state index contributed by atoms with van der Waals surface area (Å²) in [6.07, 6.45) is 0.573. The van der Waals surface area contributed by atoms with Crippen LogP contribution in [0.2, 0.25) is 5.02 Å². The van der Waals surface area contributed by atoms with Gasteiger partial charge >= 0.3 is 0 Å². The Kier molecular flexibility index (Phi) is 4.60. The van der Waals surface area contributed by atoms with Gasteiger partial charge in [0.1, 0.15) is 11.4 Å². The van der Waals surface area contributed by atoms with E-state index in [0.717, 1.165) is 11.3 Å². The fraction of sp³-hybridized carbons (Fsp3) is 0.333. The molecule has 6 heteroatoms. The molecule has 4 nitrogen and oxygen atoms in total. The lowest BCUT2D eigenvalue weighted by molar-refractivity contribution is 0.0702. The summed E-state index contributed by atoms with van der Waals surface area (Å²) in [5.74, 6) is 0.650. The van der Waals surface area contributed by atoms with Crippen LogP contribution < -0.4 is 9.46 Å². The van der Waals surface area contributed by atoms with Gasteiger partial charge < -0.3 is 4.74 Å². The van der Waals surface area contributed by atoms with Gasteiger partial charge in [-0.15, -0.1) is 0 Å². The van der Waals surface area contributed by atoms with Crippen LogP contribution in [0.15, 0.2) is 48.5 Å². The second kappa shape index (κ2) is 6.39. The molecule has 24 heavy (non-hydrogen) atoms. The Labute approximate surface area is 147 Å². The number of halogens is 1. The van der Waals surface area contributed by atoms with Crippen molar-refractivity contribution < 1.29 is 13.2 Å². The molecule has 1 aliphatic heterocycles. The molecule has 1 atom stereocenters. The maximum absolute atomic E-state index is 12.6. The van der Waals surface area contributed by atoms with Gasteiger partial charge in [0.05, 0.1) is 11.8 Å². The third-order valence-corrected chi connectivity index (χ3v) is 5.58. The molecule has 2 aromatic carbocycles. The molecule has 1 unspecified atom stereocenters. The second-order valence-electron chi connectivity index (χ2n) is 6.66. The molecule has 0 bridgehead atoms. The van der Waals surface area contributed by atoms with Crippen molar-refractivity contribution in [3.8, 4) is 5.75 Å². The SMILES string of the molecule is CC1(C)CC(NS(=O)(=O)Cc2ccc(Cl)cc2)c2ccccc2O1. The van der Waals surface area contributed by atoms with Crippen molar-refractivity contribution in [1.29, 1.82) is 0 Å². The maximum Gasteiger partial charge on any atom is 0.216 e. The van der Waals surface area contributed by atoms with Crippen molar-refractivity contribution in [3.05, 3.63) is 64.7 Å². The van der Waals surface area contributed by atoms with E-state index in [1.54, 1.807) is 24.3 Å². The molecule has 0 aromatic heterocycles. The summed E-state index contributed by atoms with van der Waals surface area (Å²) in [5, 5.41) is 0.587. The van der Waals surface area contributed by atoms with Gasteiger partial charge in [-0.05, 0) is 37.6 Å². The van der Waals surface area contributed by atoms with Crippen molar-refractivity contribution in [2.45, 2.75) is 37.7 Å². The topological polar surface area (TPSA) is 55.4 Å². The van der Waals surface area contributed by atoms with E-state index in [1.807, 2.05) is 38.1 Å². The number of para-hydroxylation sites is 1. The van der Waals surface area contributed by atoms with Gasteiger partial charge in [0.25, 0.3) is 0 Å². The van der Waals surface area contributed by atoms with Crippen LogP contribution in [0, 0.1) is 0 Å². The molecule has 0 saturated heterocycles. The molecular formula is C18H20ClNO3S. The van der Waals surface area contributed by atoms with E-state index in [1.165, 1.54) is 0 Å². The van der Waals surface area contributed by atoms with Crippen molar-refractivity contribution in [2.24, 2.45) is 0 Å². The zero-order chi connectivity index (χ0) is 17.4. The second-order valence-corrected chi connectivity index (χ2v) is 8.85. The number of hydrogen-bond donors (Lipinski definition) is 1. The Morgan fingerprint density at radius 2 is 1.83 bits per heavy atom.